The van der Waals surface area contributed by atoms with E-state index in [0.717, 1.165) is 5.56 Å². The third kappa shape index (κ3) is 3.78. The second-order valence-corrected chi connectivity index (χ2v) is 6.93. The molecule has 0 saturated carbocycles. The van der Waals surface area contributed by atoms with Crippen LogP contribution in [-0.2, 0) is 7.05 Å². The molecule has 1 aromatic carbocycles. The van der Waals surface area contributed by atoms with Gasteiger partial charge in [-0.05, 0) is 30.3 Å². The third-order valence-electron chi connectivity index (χ3n) is 5.18. The van der Waals surface area contributed by atoms with Gasteiger partial charge in [-0.1, -0.05) is 0 Å². The summed E-state index contributed by atoms with van der Waals surface area (Å²) in [4.78, 5) is 25.6. The molecule has 9 nitrogen and oxygen atoms in total. The lowest BCUT2D eigenvalue weighted by Gasteiger charge is -2.34. The van der Waals surface area contributed by atoms with Crippen LogP contribution in [0.2, 0.25) is 0 Å². The van der Waals surface area contributed by atoms with Gasteiger partial charge in [0.25, 0.3) is 5.91 Å². The standard InChI is InChI=1S/C21H24N6O3/c1-25-18(14-17(24-25)16-13-15(29-2)5-6-19(16)30-3)20(28)26-9-11-27(12-10-26)21-22-7-4-8-23-21/h4-8,13-14H,9-12H2,1-3H3. The predicted molar refractivity (Wildman–Crippen MR) is 112 cm³/mol. The lowest BCUT2D eigenvalue weighted by atomic mass is 10.1. The van der Waals surface area contributed by atoms with Crippen LogP contribution >= 0.6 is 0 Å². The topological polar surface area (TPSA) is 85.6 Å². The van der Waals surface area contributed by atoms with Crippen molar-refractivity contribution in [2.75, 3.05) is 45.3 Å². The molecule has 1 amide bonds. The van der Waals surface area contributed by atoms with Crippen LogP contribution in [0.3, 0.4) is 0 Å². The monoisotopic (exact) mass is 408 g/mol. The molecule has 3 heterocycles. The largest absolute Gasteiger partial charge is 0.497 e. The Morgan fingerprint density at radius 1 is 1.00 bits per heavy atom. The first-order valence-electron chi connectivity index (χ1n) is 9.68. The predicted octanol–water partition coefficient (Wildman–Crippen LogP) is 1.86. The Bertz CT molecular complexity index is 1030. The normalized spacial score (nSPS) is 14.0. The van der Waals surface area contributed by atoms with Gasteiger partial charge in [0.15, 0.2) is 0 Å². The second-order valence-electron chi connectivity index (χ2n) is 6.93. The van der Waals surface area contributed by atoms with Crippen LogP contribution in [0.5, 0.6) is 11.5 Å². The Hall–Kier alpha value is -3.62. The third-order valence-corrected chi connectivity index (χ3v) is 5.18. The highest BCUT2D eigenvalue weighted by Gasteiger charge is 2.26. The quantitative estimate of drug-likeness (QED) is 0.637. The number of ether oxygens (including phenoxy) is 2. The molecule has 0 bridgehead atoms. The van der Waals surface area contributed by atoms with Crippen LogP contribution in [0.15, 0.2) is 42.7 Å². The number of hydrogen-bond donors (Lipinski definition) is 0. The Labute approximate surface area is 174 Å². The molecular formula is C21H24N6O3. The van der Waals surface area contributed by atoms with Crippen LogP contribution in [0.1, 0.15) is 10.5 Å². The number of aromatic nitrogens is 4. The summed E-state index contributed by atoms with van der Waals surface area (Å²) in [5.41, 5.74) is 1.96. The van der Waals surface area contributed by atoms with Crippen molar-refractivity contribution in [3.8, 4) is 22.8 Å². The van der Waals surface area contributed by atoms with Gasteiger partial charge in [0.1, 0.15) is 17.2 Å². The highest BCUT2D eigenvalue weighted by atomic mass is 16.5. The second kappa shape index (κ2) is 8.40. The minimum Gasteiger partial charge on any atom is -0.497 e. The van der Waals surface area contributed by atoms with Gasteiger partial charge in [-0.2, -0.15) is 5.10 Å². The molecule has 4 rings (SSSR count). The smallest absolute Gasteiger partial charge is 0.272 e. The number of methoxy groups -OCH3 is 2. The zero-order chi connectivity index (χ0) is 21.1. The van der Waals surface area contributed by atoms with Crippen LogP contribution in [-0.4, -0.2) is 71.0 Å². The molecule has 0 N–H and O–H groups in total. The summed E-state index contributed by atoms with van der Waals surface area (Å²) in [7, 11) is 4.99. The van der Waals surface area contributed by atoms with E-state index in [9.17, 15) is 4.79 Å². The van der Waals surface area contributed by atoms with E-state index in [-0.39, 0.29) is 5.91 Å². The van der Waals surface area contributed by atoms with E-state index in [1.807, 2.05) is 23.1 Å². The highest BCUT2D eigenvalue weighted by Crippen LogP contribution is 2.33. The number of hydrogen-bond acceptors (Lipinski definition) is 7. The summed E-state index contributed by atoms with van der Waals surface area (Å²) in [6.45, 7) is 2.56. The van der Waals surface area contributed by atoms with Crippen molar-refractivity contribution < 1.29 is 14.3 Å². The van der Waals surface area contributed by atoms with Crippen molar-refractivity contribution >= 4 is 11.9 Å². The number of amides is 1. The van der Waals surface area contributed by atoms with Gasteiger partial charge in [0.2, 0.25) is 5.95 Å². The van der Waals surface area contributed by atoms with Gasteiger partial charge in [-0.15, -0.1) is 0 Å². The Morgan fingerprint density at radius 3 is 2.40 bits per heavy atom. The van der Waals surface area contributed by atoms with E-state index >= 15 is 0 Å². The number of aryl methyl sites for hydroxylation is 1. The summed E-state index contributed by atoms with van der Waals surface area (Å²) in [5, 5.41) is 4.55. The fourth-order valence-corrected chi connectivity index (χ4v) is 3.54. The average Bonchev–Trinajstić information content (AvgIpc) is 3.20. The number of carbonyl (C=O) groups is 1. The number of benzene rings is 1. The van der Waals surface area contributed by atoms with Crippen LogP contribution < -0.4 is 14.4 Å². The number of nitrogens with zero attached hydrogens (tertiary/aromatic N) is 6. The molecule has 1 aliphatic heterocycles. The zero-order valence-electron chi connectivity index (χ0n) is 17.3. The SMILES string of the molecule is COc1ccc(OC)c(-c2cc(C(=O)N3CCN(c4ncccn4)CC3)n(C)n2)c1. The summed E-state index contributed by atoms with van der Waals surface area (Å²) < 4.78 is 12.4. The first-order chi connectivity index (χ1) is 14.6. The van der Waals surface area contributed by atoms with Crippen molar-refractivity contribution in [2.24, 2.45) is 7.05 Å². The Morgan fingerprint density at radius 2 is 1.73 bits per heavy atom. The van der Waals surface area contributed by atoms with E-state index < -0.39 is 0 Å². The molecule has 0 unspecified atom stereocenters. The molecule has 2 aromatic heterocycles. The van der Waals surface area contributed by atoms with Crippen molar-refractivity contribution in [2.45, 2.75) is 0 Å². The number of piperazine rings is 1. The number of carbonyl (C=O) groups excluding carboxylic acids is 1. The van der Waals surface area contributed by atoms with E-state index in [1.165, 1.54) is 0 Å². The van der Waals surface area contributed by atoms with Gasteiger partial charge < -0.3 is 19.3 Å². The first-order valence-corrected chi connectivity index (χ1v) is 9.68. The lowest BCUT2D eigenvalue weighted by Crippen LogP contribution is -2.49. The van der Waals surface area contributed by atoms with Crippen LogP contribution in [0, 0.1) is 0 Å². The molecule has 3 aromatic rings. The van der Waals surface area contributed by atoms with Crippen molar-refractivity contribution in [3.05, 3.63) is 48.4 Å². The fraction of sp³-hybridized carbons (Fsp3) is 0.333. The Balaban J connectivity index is 1.52. The summed E-state index contributed by atoms with van der Waals surface area (Å²) in [6, 6.07) is 9.10. The van der Waals surface area contributed by atoms with Crippen LogP contribution in [0.4, 0.5) is 5.95 Å². The molecule has 0 spiro atoms. The van der Waals surface area contributed by atoms with Gasteiger partial charge in [-0.3, -0.25) is 9.48 Å². The molecule has 1 saturated heterocycles. The van der Waals surface area contributed by atoms with E-state index in [2.05, 4.69) is 20.0 Å². The van der Waals surface area contributed by atoms with Crippen molar-refractivity contribution in [1.82, 2.24) is 24.6 Å². The first kappa shape index (κ1) is 19.7. The molecule has 0 atom stereocenters. The maximum atomic E-state index is 13.1. The molecule has 0 aliphatic carbocycles. The number of anilines is 1. The summed E-state index contributed by atoms with van der Waals surface area (Å²) >= 11 is 0. The van der Waals surface area contributed by atoms with Gasteiger partial charge in [0.05, 0.1) is 19.9 Å². The molecule has 156 valence electrons. The van der Waals surface area contributed by atoms with Gasteiger partial charge in [0, 0.05) is 51.2 Å². The molecule has 9 heteroatoms. The van der Waals surface area contributed by atoms with E-state index in [4.69, 9.17) is 9.47 Å². The van der Waals surface area contributed by atoms with Crippen LogP contribution in [0.25, 0.3) is 11.3 Å². The minimum absolute atomic E-state index is 0.0493. The molecule has 30 heavy (non-hydrogen) atoms. The molecule has 0 radical (unpaired) electrons. The van der Waals surface area contributed by atoms with Gasteiger partial charge in [-0.25, -0.2) is 9.97 Å². The van der Waals surface area contributed by atoms with E-state index in [1.54, 1.807) is 50.5 Å². The van der Waals surface area contributed by atoms with Crippen molar-refractivity contribution in [1.29, 1.82) is 0 Å². The van der Waals surface area contributed by atoms with Crippen molar-refractivity contribution in [3.63, 3.8) is 0 Å². The Kier molecular flexibility index (Phi) is 5.51. The summed E-state index contributed by atoms with van der Waals surface area (Å²) in [5.74, 6) is 2.01. The van der Waals surface area contributed by atoms with Gasteiger partial charge >= 0.3 is 0 Å². The maximum Gasteiger partial charge on any atom is 0.272 e. The maximum absolute atomic E-state index is 13.1. The fourth-order valence-electron chi connectivity index (χ4n) is 3.54. The number of rotatable bonds is 5. The average molecular weight is 408 g/mol. The highest BCUT2D eigenvalue weighted by molar-refractivity contribution is 5.94. The molecule has 1 fully saturated rings. The molecular weight excluding hydrogens is 384 g/mol. The molecule has 1 aliphatic rings. The lowest BCUT2D eigenvalue weighted by molar-refractivity contribution is 0.0735. The summed E-state index contributed by atoms with van der Waals surface area (Å²) in [6.07, 6.45) is 3.45. The zero-order valence-corrected chi connectivity index (χ0v) is 17.3. The minimum atomic E-state index is -0.0493. The van der Waals surface area contributed by atoms with E-state index in [0.29, 0.717) is 55.0 Å².